The number of hydrogen-bond acceptors (Lipinski definition) is 3. The molecule has 0 unspecified atom stereocenters. The predicted molar refractivity (Wildman–Crippen MR) is 79.3 cm³/mol. The van der Waals surface area contributed by atoms with Crippen LogP contribution in [-0.4, -0.2) is 28.8 Å². The summed E-state index contributed by atoms with van der Waals surface area (Å²) in [5.41, 5.74) is 0.335. The van der Waals surface area contributed by atoms with Gasteiger partial charge in [-0.15, -0.1) is 11.8 Å². The molecule has 0 aromatic heterocycles. The van der Waals surface area contributed by atoms with E-state index in [9.17, 15) is 14.7 Å². The van der Waals surface area contributed by atoms with Crippen molar-refractivity contribution in [1.82, 2.24) is 5.32 Å². The number of rotatable bonds is 4. The summed E-state index contributed by atoms with van der Waals surface area (Å²) in [5, 5.41) is 12.2. The molecular weight excluding hydrogens is 274 g/mol. The summed E-state index contributed by atoms with van der Waals surface area (Å²) in [6.45, 7) is 1.86. The maximum absolute atomic E-state index is 12.4. The molecule has 0 saturated heterocycles. The molecule has 4 nitrogen and oxygen atoms in total. The topological polar surface area (TPSA) is 66.4 Å². The van der Waals surface area contributed by atoms with Crippen molar-refractivity contribution in [3.8, 4) is 0 Å². The number of aryl methyl sites for hydroxylation is 1. The van der Waals surface area contributed by atoms with Gasteiger partial charge >= 0.3 is 5.97 Å². The number of carbonyl (C=O) groups excluding carboxylic acids is 1. The Balaban J connectivity index is 2.25. The van der Waals surface area contributed by atoms with Crippen LogP contribution < -0.4 is 5.32 Å². The van der Waals surface area contributed by atoms with Crippen molar-refractivity contribution >= 4 is 23.6 Å². The SMILES string of the molecule is CSc1ccc(C)c(C(=O)NC2(C(=O)O)CCCC2)c1. The maximum Gasteiger partial charge on any atom is 0.329 e. The third-order valence-corrected chi connectivity index (χ3v) is 4.63. The average molecular weight is 293 g/mol. The molecule has 1 aliphatic rings. The largest absolute Gasteiger partial charge is 0.480 e. The molecule has 2 N–H and O–H groups in total. The van der Waals surface area contributed by atoms with Crippen molar-refractivity contribution in [3.63, 3.8) is 0 Å². The van der Waals surface area contributed by atoms with E-state index in [0.717, 1.165) is 23.3 Å². The summed E-state index contributed by atoms with van der Waals surface area (Å²) >= 11 is 1.56. The van der Waals surface area contributed by atoms with Gasteiger partial charge in [0.25, 0.3) is 5.91 Å². The first-order chi connectivity index (χ1) is 9.48. The zero-order valence-electron chi connectivity index (χ0n) is 11.7. The summed E-state index contributed by atoms with van der Waals surface area (Å²) in [7, 11) is 0. The molecule has 0 heterocycles. The van der Waals surface area contributed by atoms with Crippen LogP contribution in [-0.2, 0) is 4.79 Å². The number of hydrogen-bond donors (Lipinski definition) is 2. The fraction of sp³-hybridized carbons (Fsp3) is 0.467. The van der Waals surface area contributed by atoms with Gasteiger partial charge in [0.15, 0.2) is 0 Å². The molecule has 0 radical (unpaired) electrons. The van der Waals surface area contributed by atoms with E-state index < -0.39 is 11.5 Å². The van der Waals surface area contributed by atoms with Crippen LogP contribution in [0, 0.1) is 6.92 Å². The molecule has 20 heavy (non-hydrogen) atoms. The van der Waals surface area contributed by atoms with Crippen LogP contribution in [0.25, 0.3) is 0 Å². The lowest BCUT2D eigenvalue weighted by atomic mass is 9.96. The van der Waals surface area contributed by atoms with Crippen molar-refractivity contribution in [2.75, 3.05) is 6.26 Å². The highest BCUT2D eigenvalue weighted by molar-refractivity contribution is 7.98. The molecule has 108 valence electrons. The Kier molecular flexibility index (Phi) is 4.38. The highest BCUT2D eigenvalue weighted by Crippen LogP contribution is 2.30. The molecule has 1 fully saturated rings. The predicted octanol–water partition coefficient (Wildman–Crippen LogP) is 2.84. The number of carbonyl (C=O) groups is 2. The number of carboxylic acids is 1. The van der Waals surface area contributed by atoms with E-state index in [2.05, 4.69) is 5.32 Å². The number of nitrogens with one attached hydrogen (secondary N) is 1. The van der Waals surface area contributed by atoms with Crippen molar-refractivity contribution in [2.24, 2.45) is 0 Å². The molecule has 1 aromatic rings. The van der Waals surface area contributed by atoms with E-state index in [0.29, 0.717) is 18.4 Å². The second kappa shape index (κ2) is 5.87. The van der Waals surface area contributed by atoms with Crippen LogP contribution in [0.3, 0.4) is 0 Å². The van der Waals surface area contributed by atoms with Gasteiger partial charge in [-0.1, -0.05) is 18.9 Å². The summed E-state index contributed by atoms with van der Waals surface area (Å²) in [5.74, 6) is -1.22. The minimum absolute atomic E-state index is 0.289. The molecule has 0 spiro atoms. The number of benzene rings is 1. The number of thioether (sulfide) groups is 1. The number of aliphatic carboxylic acids is 1. The lowest BCUT2D eigenvalue weighted by Crippen LogP contribution is -2.52. The Hall–Kier alpha value is -1.49. The normalized spacial score (nSPS) is 16.9. The molecule has 1 amide bonds. The summed E-state index contributed by atoms with van der Waals surface area (Å²) in [4.78, 5) is 24.9. The van der Waals surface area contributed by atoms with E-state index in [-0.39, 0.29) is 5.91 Å². The Morgan fingerprint density at radius 1 is 1.30 bits per heavy atom. The zero-order valence-corrected chi connectivity index (χ0v) is 12.5. The van der Waals surface area contributed by atoms with Crippen LogP contribution in [0.2, 0.25) is 0 Å². The fourth-order valence-corrected chi connectivity index (χ4v) is 3.07. The van der Waals surface area contributed by atoms with E-state index >= 15 is 0 Å². The van der Waals surface area contributed by atoms with Gasteiger partial charge in [0.2, 0.25) is 0 Å². The van der Waals surface area contributed by atoms with Gasteiger partial charge in [-0.3, -0.25) is 4.79 Å². The molecule has 0 bridgehead atoms. The molecule has 1 saturated carbocycles. The number of carboxylic acid groups (broad SMARTS) is 1. The molecule has 5 heteroatoms. The van der Waals surface area contributed by atoms with Gasteiger partial charge in [0.05, 0.1) is 0 Å². The lowest BCUT2D eigenvalue weighted by molar-refractivity contribution is -0.144. The van der Waals surface area contributed by atoms with E-state index in [4.69, 9.17) is 0 Å². The molecule has 1 aromatic carbocycles. The maximum atomic E-state index is 12.4. The van der Waals surface area contributed by atoms with Crippen LogP contribution in [0.1, 0.15) is 41.6 Å². The summed E-state index contributed by atoms with van der Waals surface area (Å²) in [6.07, 6.45) is 4.65. The van der Waals surface area contributed by atoms with Crippen LogP contribution in [0.15, 0.2) is 23.1 Å². The van der Waals surface area contributed by atoms with Gasteiger partial charge < -0.3 is 10.4 Å². The molecule has 0 aliphatic heterocycles. The molecular formula is C15H19NO3S. The van der Waals surface area contributed by atoms with Crippen LogP contribution in [0.5, 0.6) is 0 Å². The van der Waals surface area contributed by atoms with Gasteiger partial charge in [0.1, 0.15) is 5.54 Å². The summed E-state index contributed by atoms with van der Waals surface area (Å²) < 4.78 is 0. The Morgan fingerprint density at radius 2 is 1.95 bits per heavy atom. The second-order valence-electron chi connectivity index (χ2n) is 5.23. The number of amides is 1. The van der Waals surface area contributed by atoms with Gasteiger partial charge in [-0.05, 0) is 43.7 Å². The van der Waals surface area contributed by atoms with E-state index in [1.54, 1.807) is 11.8 Å². The van der Waals surface area contributed by atoms with Crippen molar-refractivity contribution in [3.05, 3.63) is 29.3 Å². The lowest BCUT2D eigenvalue weighted by Gasteiger charge is -2.25. The highest BCUT2D eigenvalue weighted by Gasteiger charge is 2.42. The van der Waals surface area contributed by atoms with E-state index in [1.807, 2.05) is 31.4 Å². The Labute approximate surface area is 123 Å². The standard InChI is InChI=1S/C15H19NO3S/c1-10-5-6-11(20-2)9-12(10)13(17)16-15(14(18)19)7-3-4-8-15/h5-6,9H,3-4,7-8H2,1-2H3,(H,16,17)(H,18,19). The first-order valence-corrected chi connectivity index (χ1v) is 7.91. The first kappa shape index (κ1) is 14.9. The smallest absolute Gasteiger partial charge is 0.329 e. The minimum Gasteiger partial charge on any atom is -0.480 e. The molecule has 1 aliphatic carbocycles. The van der Waals surface area contributed by atoms with Crippen molar-refractivity contribution < 1.29 is 14.7 Å². The minimum atomic E-state index is -1.08. The third kappa shape index (κ3) is 2.82. The van der Waals surface area contributed by atoms with Crippen molar-refractivity contribution in [1.29, 1.82) is 0 Å². The van der Waals surface area contributed by atoms with Crippen LogP contribution >= 0.6 is 11.8 Å². The average Bonchev–Trinajstić information content (AvgIpc) is 2.89. The Bertz CT molecular complexity index is 536. The molecule has 0 atom stereocenters. The second-order valence-corrected chi connectivity index (χ2v) is 6.11. The Morgan fingerprint density at radius 3 is 2.50 bits per heavy atom. The van der Waals surface area contributed by atoms with E-state index in [1.165, 1.54) is 0 Å². The fourth-order valence-electron chi connectivity index (χ4n) is 2.63. The first-order valence-electron chi connectivity index (χ1n) is 6.69. The highest BCUT2D eigenvalue weighted by atomic mass is 32.2. The van der Waals surface area contributed by atoms with Gasteiger partial charge in [-0.2, -0.15) is 0 Å². The van der Waals surface area contributed by atoms with Crippen molar-refractivity contribution in [2.45, 2.75) is 43.0 Å². The van der Waals surface area contributed by atoms with Gasteiger partial charge in [0, 0.05) is 10.5 Å². The van der Waals surface area contributed by atoms with Crippen LogP contribution in [0.4, 0.5) is 0 Å². The molecule has 2 rings (SSSR count). The zero-order chi connectivity index (χ0) is 14.8. The third-order valence-electron chi connectivity index (χ3n) is 3.91. The monoisotopic (exact) mass is 293 g/mol. The quantitative estimate of drug-likeness (QED) is 0.838. The summed E-state index contributed by atoms with van der Waals surface area (Å²) in [6, 6.07) is 5.67. The van der Waals surface area contributed by atoms with Gasteiger partial charge in [-0.25, -0.2) is 4.79 Å².